The molecule has 2 aromatic rings. The zero-order valence-corrected chi connectivity index (χ0v) is 26.7. The number of allylic oxidation sites excluding steroid dienone is 2. The van der Waals surface area contributed by atoms with Gasteiger partial charge in [-0.1, -0.05) is 87.9 Å². The van der Waals surface area contributed by atoms with Crippen molar-refractivity contribution < 1.29 is 51.3 Å². The van der Waals surface area contributed by atoms with E-state index in [-0.39, 0.29) is 19.2 Å². The minimum atomic E-state index is -4.92. The molecule has 0 bridgehead atoms. The maximum Gasteiger partial charge on any atom is 0.425 e. The summed E-state index contributed by atoms with van der Waals surface area (Å²) in [5.74, 6) is -5.39. The maximum atomic E-state index is 15.9. The molecule has 256 valence electrons. The van der Waals surface area contributed by atoms with Crippen molar-refractivity contribution >= 4 is 17.9 Å². The molecule has 1 aliphatic carbocycles. The summed E-state index contributed by atoms with van der Waals surface area (Å²) in [6.07, 6.45) is 3.09. The van der Waals surface area contributed by atoms with E-state index in [1.54, 1.807) is 31.2 Å². The molecule has 3 atom stereocenters. The number of ether oxygens (including phenoxy) is 3. The molecule has 2 aromatic carbocycles. The Morgan fingerprint density at radius 1 is 0.936 bits per heavy atom. The van der Waals surface area contributed by atoms with Crippen molar-refractivity contribution in [2.45, 2.75) is 95.2 Å². The fourth-order valence-corrected chi connectivity index (χ4v) is 5.36. The Morgan fingerprint density at radius 3 is 2.21 bits per heavy atom. The zero-order chi connectivity index (χ0) is 34.5. The average molecular weight is 662 g/mol. The molecule has 0 heterocycles. The average Bonchev–Trinajstić information content (AvgIpc) is 3.03. The smallest absolute Gasteiger partial charge is 0.425 e. The Bertz CT molecular complexity index is 1400. The van der Waals surface area contributed by atoms with Crippen molar-refractivity contribution in [2.75, 3.05) is 13.2 Å². The summed E-state index contributed by atoms with van der Waals surface area (Å²) in [7, 11) is 0. The lowest BCUT2D eigenvalue weighted by Crippen LogP contribution is -2.47. The fourth-order valence-electron chi connectivity index (χ4n) is 5.36. The molecular weight excluding hydrogens is 620 g/mol. The van der Waals surface area contributed by atoms with Crippen molar-refractivity contribution in [3.8, 4) is 5.75 Å². The van der Waals surface area contributed by atoms with Crippen molar-refractivity contribution in [3.05, 3.63) is 89.3 Å². The van der Waals surface area contributed by atoms with Crippen molar-refractivity contribution in [1.82, 2.24) is 0 Å². The van der Waals surface area contributed by atoms with Crippen LogP contribution in [0.3, 0.4) is 0 Å². The largest absolute Gasteiger partial charge is 0.548 e. The van der Waals surface area contributed by atoms with Gasteiger partial charge in [-0.25, -0.2) is 9.18 Å². The normalized spacial score (nSPS) is 18.3. The molecule has 0 amide bonds. The van der Waals surface area contributed by atoms with Crippen LogP contribution >= 0.6 is 0 Å². The summed E-state index contributed by atoms with van der Waals surface area (Å²) in [5.41, 5.74) is -3.05. The van der Waals surface area contributed by atoms with Crippen LogP contribution in [0.4, 0.5) is 17.6 Å². The predicted octanol–water partition coefficient (Wildman–Crippen LogP) is 7.44. The minimum Gasteiger partial charge on any atom is -0.548 e. The van der Waals surface area contributed by atoms with Crippen LogP contribution in [-0.2, 0) is 24.5 Å². The summed E-state index contributed by atoms with van der Waals surface area (Å²) >= 11 is 0. The Kier molecular flexibility index (Phi) is 14.2. The number of halogens is 4. The fraction of sp³-hybridized carbons (Fsp3) is 0.472. The van der Waals surface area contributed by atoms with Crippen LogP contribution in [0.5, 0.6) is 5.75 Å². The number of hydrogen-bond donors (Lipinski definition) is 0. The van der Waals surface area contributed by atoms with Gasteiger partial charge in [0.1, 0.15) is 17.0 Å². The number of benzene rings is 2. The second kappa shape index (κ2) is 17.8. The predicted molar refractivity (Wildman–Crippen MR) is 165 cm³/mol. The highest BCUT2D eigenvalue weighted by atomic mass is 19.4. The molecular formula is C36H41F4O7-. The number of rotatable bonds is 18. The van der Waals surface area contributed by atoms with Gasteiger partial charge >= 0.3 is 18.1 Å². The molecule has 1 aliphatic rings. The number of carboxylic acid groups (broad SMARTS) is 1. The lowest BCUT2D eigenvalue weighted by atomic mass is 9.72. The SMILES string of the molecule is CCCCCCCCCC(=O)Oc1ccc(C2C=CC(C(=O)[O-])(c3ccccc3C(=O)OC(CCOCC)C(F)(F)F)C(F)=C2)cc1. The Hall–Kier alpha value is -3.99. The monoisotopic (exact) mass is 661 g/mol. The Labute approximate surface area is 272 Å². The number of esters is 2. The zero-order valence-electron chi connectivity index (χ0n) is 26.7. The maximum absolute atomic E-state index is 15.9. The topological polar surface area (TPSA) is 102 Å². The van der Waals surface area contributed by atoms with E-state index in [1.807, 2.05) is 0 Å². The second-order valence-electron chi connectivity index (χ2n) is 11.4. The van der Waals surface area contributed by atoms with E-state index in [0.717, 1.165) is 50.0 Å². The van der Waals surface area contributed by atoms with Crippen molar-refractivity contribution in [1.29, 1.82) is 0 Å². The highest BCUT2D eigenvalue weighted by Crippen LogP contribution is 2.43. The molecule has 0 saturated heterocycles. The molecule has 7 nitrogen and oxygen atoms in total. The van der Waals surface area contributed by atoms with Gasteiger partial charge in [-0.05, 0) is 48.7 Å². The van der Waals surface area contributed by atoms with Gasteiger partial charge in [0.05, 0.1) is 18.1 Å². The van der Waals surface area contributed by atoms with E-state index >= 15 is 4.39 Å². The van der Waals surface area contributed by atoms with E-state index in [4.69, 9.17) is 14.2 Å². The van der Waals surface area contributed by atoms with Crippen LogP contribution in [0.15, 0.2) is 72.6 Å². The summed E-state index contributed by atoms with van der Waals surface area (Å²) in [6.45, 7) is 3.58. The van der Waals surface area contributed by atoms with Crippen LogP contribution in [0.2, 0.25) is 0 Å². The molecule has 11 heteroatoms. The lowest BCUT2D eigenvalue weighted by molar-refractivity contribution is -0.310. The van der Waals surface area contributed by atoms with Gasteiger partial charge in [-0.3, -0.25) is 4.79 Å². The van der Waals surface area contributed by atoms with Gasteiger partial charge in [-0.15, -0.1) is 0 Å². The van der Waals surface area contributed by atoms with Crippen LogP contribution in [0, 0.1) is 0 Å². The summed E-state index contributed by atoms with van der Waals surface area (Å²) in [5, 5.41) is 12.5. The molecule has 0 fully saturated rings. The Balaban J connectivity index is 1.74. The quantitative estimate of drug-likeness (QED) is 0.0538. The summed E-state index contributed by atoms with van der Waals surface area (Å²) < 4.78 is 71.9. The number of hydrogen-bond acceptors (Lipinski definition) is 7. The van der Waals surface area contributed by atoms with E-state index in [2.05, 4.69) is 6.92 Å². The second-order valence-corrected chi connectivity index (χ2v) is 11.4. The number of carbonyl (C=O) groups excluding carboxylic acids is 3. The van der Waals surface area contributed by atoms with Crippen molar-refractivity contribution in [3.63, 3.8) is 0 Å². The molecule has 0 radical (unpaired) electrons. The van der Waals surface area contributed by atoms with Gasteiger partial charge in [0.25, 0.3) is 0 Å². The standard InChI is InChI=1S/C36H42F4O7/c1-3-5-6-7-8-9-10-15-32(41)46-27-18-16-25(17-19-27)26-20-22-35(34(43)44,30(37)24-26)29-14-12-11-13-28(29)33(42)47-31(36(38,39)40)21-23-45-4-2/h11-14,16-20,22,24,26,31H,3-10,15,21,23H2,1-2H3,(H,43,44)/p-1. The van der Waals surface area contributed by atoms with Crippen LogP contribution in [-0.4, -0.2) is 43.4 Å². The van der Waals surface area contributed by atoms with Crippen LogP contribution < -0.4 is 9.84 Å². The number of aliphatic carboxylic acids is 1. The van der Waals surface area contributed by atoms with Gasteiger partial charge in [0, 0.05) is 25.4 Å². The van der Waals surface area contributed by atoms with E-state index in [0.29, 0.717) is 17.7 Å². The van der Waals surface area contributed by atoms with Gasteiger partial charge in [-0.2, -0.15) is 13.2 Å². The number of alkyl halides is 3. The first-order valence-electron chi connectivity index (χ1n) is 16.0. The molecule has 0 aromatic heterocycles. The first-order chi connectivity index (χ1) is 22.4. The molecule has 47 heavy (non-hydrogen) atoms. The third kappa shape index (κ3) is 10.2. The molecule has 0 spiro atoms. The number of unbranched alkanes of at least 4 members (excludes halogenated alkanes) is 6. The third-order valence-corrected chi connectivity index (χ3v) is 7.97. The van der Waals surface area contributed by atoms with Crippen LogP contribution in [0.1, 0.15) is 99.0 Å². The summed E-state index contributed by atoms with van der Waals surface area (Å²) in [4.78, 5) is 37.8. The lowest BCUT2D eigenvalue weighted by Gasteiger charge is -2.35. The van der Waals surface area contributed by atoms with Gasteiger partial charge < -0.3 is 24.1 Å². The first-order valence-corrected chi connectivity index (χ1v) is 16.0. The highest BCUT2D eigenvalue weighted by Gasteiger charge is 2.45. The third-order valence-electron chi connectivity index (χ3n) is 7.97. The van der Waals surface area contributed by atoms with Gasteiger partial charge in [0.15, 0.2) is 6.10 Å². The van der Waals surface area contributed by atoms with Gasteiger partial charge in [0.2, 0.25) is 0 Å². The molecule has 0 N–H and O–H groups in total. The minimum absolute atomic E-state index is 0.158. The van der Waals surface area contributed by atoms with Crippen LogP contribution in [0.25, 0.3) is 0 Å². The van der Waals surface area contributed by atoms with E-state index < -0.39 is 58.9 Å². The van der Waals surface area contributed by atoms with E-state index in [1.165, 1.54) is 37.5 Å². The Morgan fingerprint density at radius 2 is 1.60 bits per heavy atom. The number of carbonyl (C=O) groups is 3. The number of carboxylic acids is 1. The van der Waals surface area contributed by atoms with Crippen molar-refractivity contribution in [2.24, 2.45) is 0 Å². The molecule has 3 unspecified atom stereocenters. The first kappa shape index (κ1) is 37.5. The highest BCUT2D eigenvalue weighted by molar-refractivity contribution is 5.97. The molecule has 0 aliphatic heterocycles. The molecule has 0 saturated carbocycles. The van der Waals surface area contributed by atoms with E-state index in [9.17, 15) is 32.7 Å². The summed E-state index contributed by atoms with van der Waals surface area (Å²) in [6, 6.07) is 11.1. The molecule has 3 rings (SSSR count).